The quantitative estimate of drug-likeness (QED) is 0.918. The van der Waals surface area contributed by atoms with Crippen LogP contribution in [0, 0.1) is 17.6 Å². The van der Waals surface area contributed by atoms with Gasteiger partial charge in [0.25, 0.3) is 0 Å². The van der Waals surface area contributed by atoms with Crippen LogP contribution in [0.2, 0.25) is 0 Å². The van der Waals surface area contributed by atoms with Crippen LogP contribution in [0.1, 0.15) is 37.3 Å². The molecule has 1 atom stereocenters. The van der Waals surface area contributed by atoms with Crippen molar-refractivity contribution in [1.82, 2.24) is 10.2 Å². The molecule has 0 bridgehead atoms. The molecular formula is C16H23ClF2N2. The van der Waals surface area contributed by atoms with E-state index >= 15 is 0 Å². The highest BCUT2D eigenvalue weighted by Crippen LogP contribution is 2.40. The Hall–Kier alpha value is -0.710. The van der Waals surface area contributed by atoms with Crippen molar-refractivity contribution in [3.8, 4) is 0 Å². The fourth-order valence-corrected chi connectivity index (χ4v) is 3.76. The normalized spacial score (nSPS) is 22.0. The van der Waals surface area contributed by atoms with Crippen LogP contribution in [0.5, 0.6) is 0 Å². The molecule has 2 nitrogen and oxygen atoms in total. The summed E-state index contributed by atoms with van der Waals surface area (Å²) in [6, 6.07) is 4.18. The molecule has 1 heterocycles. The molecule has 1 aromatic carbocycles. The summed E-state index contributed by atoms with van der Waals surface area (Å²) in [6.45, 7) is 3.83. The average Bonchev–Trinajstić information content (AvgIpc) is 2.93. The highest BCUT2D eigenvalue weighted by atomic mass is 35.5. The first-order valence-electron chi connectivity index (χ1n) is 7.65. The summed E-state index contributed by atoms with van der Waals surface area (Å²) in [6.07, 6.45) is 4.83. The van der Waals surface area contributed by atoms with Crippen LogP contribution in [0.25, 0.3) is 0 Å². The van der Waals surface area contributed by atoms with E-state index in [9.17, 15) is 8.78 Å². The summed E-state index contributed by atoms with van der Waals surface area (Å²) in [7, 11) is 0. The summed E-state index contributed by atoms with van der Waals surface area (Å²) in [5, 5.41) is 3.34. The number of nitrogens with zero attached hydrogens (tertiary/aromatic N) is 1. The fourth-order valence-electron chi connectivity index (χ4n) is 3.76. The van der Waals surface area contributed by atoms with Gasteiger partial charge in [-0.05, 0) is 36.5 Å². The van der Waals surface area contributed by atoms with Crippen molar-refractivity contribution in [2.45, 2.75) is 31.7 Å². The molecule has 1 saturated heterocycles. The Bertz CT molecular complexity index is 437. The number of hydrogen-bond donors (Lipinski definition) is 1. The Kier molecular flexibility index (Phi) is 5.97. The number of nitrogens with one attached hydrogen (secondary N) is 1. The van der Waals surface area contributed by atoms with Gasteiger partial charge in [-0.15, -0.1) is 12.4 Å². The molecule has 1 saturated carbocycles. The molecule has 0 aromatic heterocycles. The zero-order valence-corrected chi connectivity index (χ0v) is 13.0. The number of benzene rings is 1. The van der Waals surface area contributed by atoms with Gasteiger partial charge in [0.05, 0.1) is 0 Å². The third-order valence-electron chi connectivity index (χ3n) is 4.62. The van der Waals surface area contributed by atoms with Crippen LogP contribution in [-0.4, -0.2) is 31.1 Å². The molecule has 3 rings (SSSR count). The monoisotopic (exact) mass is 316 g/mol. The second kappa shape index (κ2) is 7.52. The van der Waals surface area contributed by atoms with Gasteiger partial charge in [0, 0.05) is 38.3 Å². The number of hydrogen-bond acceptors (Lipinski definition) is 2. The van der Waals surface area contributed by atoms with Gasteiger partial charge in [-0.25, -0.2) is 8.78 Å². The maximum atomic E-state index is 13.6. The van der Waals surface area contributed by atoms with Gasteiger partial charge in [-0.2, -0.15) is 0 Å². The van der Waals surface area contributed by atoms with Gasteiger partial charge in [0.15, 0.2) is 0 Å². The van der Waals surface area contributed by atoms with E-state index in [2.05, 4.69) is 10.2 Å². The summed E-state index contributed by atoms with van der Waals surface area (Å²) in [5.74, 6) is -0.384. The van der Waals surface area contributed by atoms with Crippen molar-refractivity contribution in [2.24, 2.45) is 5.92 Å². The third kappa shape index (κ3) is 3.93. The van der Waals surface area contributed by atoms with E-state index < -0.39 is 11.6 Å². The lowest BCUT2D eigenvalue weighted by Crippen LogP contribution is -2.46. The molecule has 0 unspecified atom stereocenters. The molecule has 1 N–H and O–H groups in total. The second-order valence-corrected chi connectivity index (χ2v) is 5.98. The maximum Gasteiger partial charge on any atom is 0.126 e. The van der Waals surface area contributed by atoms with Crippen molar-refractivity contribution in [3.63, 3.8) is 0 Å². The SMILES string of the molecule is Cl.Fc1cc(F)cc([C@@H](C2CCCC2)N2CCNCC2)c1. The molecule has 1 aliphatic heterocycles. The lowest BCUT2D eigenvalue weighted by molar-refractivity contribution is 0.125. The first kappa shape index (κ1) is 16.7. The van der Waals surface area contributed by atoms with Crippen LogP contribution in [0.3, 0.4) is 0 Å². The minimum Gasteiger partial charge on any atom is -0.314 e. The highest BCUT2D eigenvalue weighted by Gasteiger charge is 2.32. The van der Waals surface area contributed by atoms with Gasteiger partial charge < -0.3 is 5.32 Å². The molecule has 1 aliphatic carbocycles. The van der Waals surface area contributed by atoms with Crippen molar-refractivity contribution < 1.29 is 8.78 Å². The van der Waals surface area contributed by atoms with Crippen LogP contribution >= 0.6 is 12.4 Å². The van der Waals surface area contributed by atoms with Crippen molar-refractivity contribution >= 4 is 12.4 Å². The number of halogens is 3. The van der Waals surface area contributed by atoms with Crippen LogP contribution in [0.15, 0.2) is 18.2 Å². The summed E-state index contributed by atoms with van der Waals surface area (Å²) < 4.78 is 27.1. The molecule has 0 amide bonds. The maximum absolute atomic E-state index is 13.6. The predicted octanol–water partition coefficient (Wildman–Crippen LogP) is 3.52. The van der Waals surface area contributed by atoms with E-state index in [1.807, 2.05) is 0 Å². The largest absolute Gasteiger partial charge is 0.314 e. The van der Waals surface area contributed by atoms with E-state index in [4.69, 9.17) is 0 Å². The molecular weight excluding hydrogens is 294 g/mol. The molecule has 118 valence electrons. The van der Waals surface area contributed by atoms with Crippen LogP contribution in [-0.2, 0) is 0 Å². The first-order valence-corrected chi connectivity index (χ1v) is 7.65. The summed E-state index contributed by atoms with van der Waals surface area (Å²) in [5.41, 5.74) is 0.816. The Labute approximate surface area is 131 Å². The van der Waals surface area contributed by atoms with Gasteiger partial charge >= 0.3 is 0 Å². The highest BCUT2D eigenvalue weighted by molar-refractivity contribution is 5.85. The molecule has 2 aliphatic rings. The number of piperazine rings is 1. The zero-order valence-electron chi connectivity index (χ0n) is 12.2. The molecule has 21 heavy (non-hydrogen) atoms. The third-order valence-corrected chi connectivity index (χ3v) is 4.62. The Balaban J connectivity index is 0.00000161. The molecule has 5 heteroatoms. The smallest absolute Gasteiger partial charge is 0.126 e. The zero-order chi connectivity index (χ0) is 13.9. The van der Waals surface area contributed by atoms with Gasteiger partial charge in [0.1, 0.15) is 11.6 Å². The van der Waals surface area contributed by atoms with Crippen LogP contribution in [0.4, 0.5) is 8.78 Å². The fraction of sp³-hybridized carbons (Fsp3) is 0.625. The first-order chi connectivity index (χ1) is 9.74. The summed E-state index contributed by atoms with van der Waals surface area (Å²) >= 11 is 0. The van der Waals surface area contributed by atoms with Crippen molar-refractivity contribution in [2.75, 3.05) is 26.2 Å². The van der Waals surface area contributed by atoms with Gasteiger partial charge in [-0.1, -0.05) is 12.8 Å². The van der Waals surface area contributed by atoms with E-state index in [0.717, 1.165) is 37.8 Å². The molecule has 2 fully saturated rings. The Morgan fingerprint density at radius 2 is 1.57 bits per heavy atom. The Morgan fingerprint density at radius 1 is 1.00 bits per heavy atom. The van der Waals surface area contributed by atoms with Gasteiger partial charge in [0.2, 0.25) is 0 Å². The average molecular weight is 317 g/mol. The number of rotatable bonds is 3. The molecule has 0 spiro atoms. The van der Waals surface area contributed by atoms with Crippen LogP contribution < -0.4 is 5.32 Å². The van der Waals surface area contributed by atoms with E-state index in [-0.39, 0.29) is 18.4 Å². The molecule has 1 aromatic rings. The predicted molar refractivity (Wildman–Crippen MR) is 82.7 cm³/mol. The van der Waals surface area contributed by atoms with Crippen molar-refractivity contribution in [3.05, 3.63) is 35.4 Å². The minimum atomic E-state index is -0.460. The molecule has 0 radical (unpaired) electrons. The lowest BCUT2D eigenvalue weighted by Gasteiger charge is -2.38. The van der Waals surface area contributed by atoms with E-state index in [1.165, 1.54) is 37.8 Å². The van der Waals surface area contributed by atoms with E-state index in [0.29, 0.717) is 5.92 Å². The minimum absolute atomic E-state index is 0. The second-order valence-electron chi connectivity index (χ2n) is 5.98. The lowest BCUT2D eigenvalue weighted by atomic mass is 9.89. The topological polar surface area (TPSA) is 15.3 Å². The standard InChI is InChI=1S/C16H22F2N2.ClH/c17-14-9-13(10-15(18)11-14)16(12-3-1-2-4-12)20-7-5-19-6-8-20;/h9-12,16,19H,1-8H2;1H/t16-;/m1./s1. The summed E-state index contributed by atoms with van der Waals surface area (Å²) in [4.78, 5) is 2.40. The van der Waals surface area contributed by atoms with Crippen molar-refractivity contribution in [1.29, 1.82) is 0 Å². The van der Waals surface area contributed by atoms with Gasteiger partial charge in [-0.3, -0.25) is 4.90 Å². The Morgan fingerprint density at radius 3 is 2.14 bits per heavy atom. The van der Waals surface area contributed by atoms with E-state index in [1.54, 1.807) is 0 Å².